The fourth-order valence-electron chi connectivity index (χ4n) is 2.01. The molecule has 8 heteroatoms. The number of sulfonamides is 1. The van der Waals surface area contributed by atoms with Crippen LogP contribution in [0.5, 0.6) is 0 Å². The van der Waals surface area contributed by atoms with Crippen LogP contribution in [0.1, 0.15) is 38.5 Å². The lowest BCUT2D eigenvalue weighted by Gasteiger charge is -2.17. The molecule has 1 rings (SSSR count). The molecule has 0 bridgehead atoms. The lowest BCUT2D eigenvalue weighted by Crippen LogP contribution is -2.44. The van der Waals surface area contributed by atoms with Gasteiger partial charge in [-0.15, -0.1) is 0 Å². The number of carbonyl (C=O) groups is 2. The minimum atomic E-state index is -3.64. The van der Waals surface area contributed by atoms with Crippen molar-refractivity contribution in [3.8, 4) is 0 Å². The average molecular weight is 278 g/mol. The number of amides is 1. The molecule has 1 fully saturated rings. The van der Waals surface area contributed by atoms with E-state index in [0.717, 1.165) is 12.8 Å². The van der Waals surface area contributed by atoms with Crippen molar-refractivity contribution in [1.82, 2.24) is 4.72 Å². The number of hydrogen-bond acceptors (Lipinski definition) is 4. The number of nitrogens with one attached hydrogen (secondary N) is 1. The molecule has 7 nitrogen and oxygen atoms in total. The van der Waals surface area contributed by atoms with Crippen LogP contribution in [0.2, 0.25) is 0 Å². The number of primary amides is 1. The molecule has 18 heavy (non-hydrogen) atoms. The fraction of sp³-hybridized carbons (Fsp3) is 0.800. The summed E-state index contributed by atoms with van der Waals surface area (Å²) in [4.78, 5) is 21.5. The van der Waals surface area contributed by atoms with Crippen LogP contribution in [0.25, 0.3) is 0 Å². The molecule has 1 atom stereocenters. The highest BCUT2D eigenvalue weighted by atomic mass is 32.2. The van der Waals surface area contributed by atoms with Crippen LogP contribution in [-0.4, -0.2) is 36.7 Å². The highest BCUT2D eigenvalue weighted by molar-refractivity contribution is 7.90. The van der Waals surface area contributed by atoms with E-state index in [1.807, 2.05) is 0 Å². The van der Waals surface area contributed by atoms with Crippen LogP contribution < -0.4 is 10.5 Å². The van der Waals surface area contributed by atoms with Gasteiger partial charge in [0, 0.05) is 6.42 Å². The number of aliphatic carboxylic acids is 1. The zero-order chi connectivity index (χ0) is 13.8. The van der Waals surface area contributed by atoms with Crippen molar-refractivity contribution in [3.63, 3.8) is 0 Å². The van der Waals surface area contributed by atoms with Crippen molar-refractivity contribution in [2.75, 3.05) is 0 Å². The topological polar surface area (TPSA) is 127 Å². The highest BCUT2D eigenvalue weighted by Gasteiger charge is 2.32. The molecule has 1 aliphatic rings. The largest absolute Gasteiger partial charge is 0.480 e. The Kier molecular flexibility index (Phi) is 5.09. The van der Waals surface area contributed by atoms with E-state index in [9.17, 15) is 18.0 Å². The number of carboxylic acids is 1. The van der Waals surface area contributed by atoms with Gasteiger partial charge >= 0.3 is 5.97 Å². The summed E-state index contributed by atoms with van der Waals surface area (Å²) in [6.07, 6.45) is 2.49. The van der Waals surface area contributed by atoms with Gasteiger partial charge in [0.25, 0.3) is 0 Å². The van der Waals surface area contributed by atoms with Gasteiger partial charge in [0.05, 0.1) is 5.25 Å². The first-order valence-electron chi connectivity index (χ1n) is 5.85. The summed E-state index contributed by atoms with van der Waals surface area (Å²) < 4.78 is 26.0. The minimum absolute atomic E-state index is 0.128. The molecular weight excluding hydrogens is 260 g/mol. The van der Waals surface area contributed by atoms with Gasteiger partial charge in [-0.25, -0.2) is 13.1 Å². The lowest BCUT2D eigenvalue weighted by atomic mass is 10.2. The van der Waals surface area contributed by atoms with E-state index in [-0.39, 0.29) is 12.8 Å². The number of carbonyl (C=O) groups excluding carboxylic acids is 1. The Balaban J connectivity index is 2.64. The molecule has 0 aromatic heterocycles. The standard InChI is InChI=1S/C10H18N2O5S/c11-9(13)6-5-8(10(14)15)12-18(16,17)7-3-1-2-4-7/h7-8,12H,1-6H2,(H2,11,13)(H,14,15)/t8-/m1/s1. The molecule has 0 spiro atoms. The Morgan fingerprint density at radius 3 is 2.33 bits per heavy atom. The summed E-state index contributed by atoms with van der Waals surface area (Å²) in [6, 6.07) is -1.29. The third kappa shape index (κ3) is 4.26. The van der Waals surface area contributed by atoms with Crippen LogP contribution in [0, 0.1) is 0 Å². The quantitative estimate of drug-likeness (QED) is 0.582. The van der Waals surface area contributed by atoms with Gasteiger partial charge in [0.1, 0.15) is 6.04 Å². The predicted molar refractivity (Wildman–Crippen MR) is 64.2 cm³/mol. The van der Waals surface area contributed by atoms with Gasteiger partial charge in [-0.05, 0) is 19.3 Å². The molecule has 4 N–H and O–H groups in total. The van der Waals surface area contributed by atoms with Gasteiger partial charge in [-0.1, -0.05) is 12.8 Å². The van der Waals surface area contributed by atoms with E-state index in [1.54, 1.807) is 0 Å². The van der Waals surface area contributed by atoms with E-state index in [4.69, 9.17) is 10.8 Å². The first-order chi connectivity index (χ1) is 8.33. The molecule has 0 aromatic rings. The normalized spacial score (nSPS) is 18.7. The summed E-state index contributed by atoms with van der Waals surface area (Å²) in [5.41, 5.74) is 4.92. The number of nitrogens with two attached hydrogens (primary N) is 1. The second kappa shape index (κ2) is 6.14. The lowest BCUT2D eigenvalue weighted by molar-refractivity contribution is -0.139. The van der Waals surface area contributed by atoms with Crippen molar-refractivity contribution in [2.24, 2.45) is 5.73 Å². The minimum Gasteiger partial charge on any atom is -0.480 e. The summed E-state index contributed by atoms with van der Waals surface area (Å²) >= 11 is 0. The smallest absolute Gasteiger partial charge is 0.321 e. The maximum atomic E-state index is 11.9. The average Bonchev–Trinajstić information content (AvgIpc) is 2.77. The Morgan fingerprint density at radius 1 is 1.33 bits per heavy atom. The molecule has 0 radical (unpaired) electrons. The van der Waals surface area contributed by atoms with E-state index >= 15 is 0 Å². The van der Waals surface area contributed by atoms with Gasteiger partial charge in [0.2, 0.25) is 15.9 Å². The Labute approximate surface area is 106 Å². The van der Waals surface area contributed by atoms with Crippen molar-refractivity contribution in [2.45, 2.75) is 49.8 Å². The van der Waals surface area contributed by atoms with Crippen molar-refractivity contribution in [1.29, 1.82) is 0 Å². The highest BCUT2D eigenvalue weighted by Crippen LogP contribution is 2.24. The second-order valence-electron chi connectivity index (χ2n) is 4.47. The molecule has 0 heterocycles. The third-order valence-electron chi connectivity index (χ3n) is 3.03. The van der Waals surface area contributed by atoms with Crippen LogP contribution in [0.15, 0.2) is 0 Å². The van der Waals surface area contributed by atoms with E-state index in [1.165, 1.54) is 0 Å². The zero-order valence-electron chi connectivity index (χ0n) is 9.96. The molecule has 1 aliphatic carbocycles. The molecular formula is C10H18N2O5S. The maximum Gasteiger partial charge on any atom is 0.321 e. The van der Waals surface area contributed by atoms with Crippen molar-refractivity contribution < 1.29 is 23.1 Å². The van der Waals surface area contributed by atoms with E-state index < -0.39 is 33.2 Å². The monoisotopic (exact) mass is 278 g/mol. The summed E-state index contributed by atoms with van der Waals surface area (Å²) in [6.45, 7) is 0. The van der Waals surface area contributed by atoms with Gasteiger partial charge in [0.15, 0.2) is 0 Å². The molecule has 0 saturated heterocycles. The van der Waals surface area contributed by atoms with Gasteiger partial charge in [-0.2, -0.15) is 0 Å². The maximum absolute atomic E-state index is 11.9. The second-order valence-corrected chi connectivity index (χ2v) is 6.46. The first kappa shape index (κ1) is 14.9. The Morgan fingerprint density at radius 2 is 1.89 bits per heavy atom. The van der Waals surface area contributed by atoms with Crippen LogP contribution in [-0.2, 0) is 19.6 Å². The Hall–Kier alpha value is -1.15. The third-order valence-corrected chi connectivity index (χ3v) is 4.99. The molecule has 1 amide bonds. The summed E-state index contributed by atoms with van der Waals surface area (Å²) in [5, 5.41) is 8.39. The molecule has 0 aromatic carbocycles. The molecule has 1 saturated carbocycles. The molecule has 0 unspecified atom stereocenters. The molecule has 104 valence electrons. The first-order valence-corrected chi connectivity index (χ1v) is 7.40. The van der Waals surface area contributed by atoms with E-state index in [0.29, 0.717) is 12.8 Å². The van der Waals surface area contributed by atoms with Crippen LogP contribution >= 0.6 is 0 Å². The van der Waals surface area contributed by atoms with Gasteiger partial charge < -0.3 is 10.8 Å². The zero-order valence-corrected chi connectivity index (χ0v) is 10.8. The van der Waals surface area contributed by atoms with Crippen molar-refractivity contribution >= 4 is 21.9 Å². The summed E-state index contributed by atoms with van der Waals surface area (Å²) in [7, 11) is -3.64. The van der Waals surface area contributed by atoms with Gasteiger partial charge in [-0.3, -0.25) is 9.59 Å². The molecule has 0 aliphatic heterocycles. The number of rotatable bonds is 7. The Bertz CT molecular complexity index is 414. The fourth-order valence-corrected chi connectivity index (χ4v) is 3.77. The van der Waals surface area contributed by atoms with E-state index in [2.05, 4.69) is 4.72 Å². The number of hydrogen-bond donors (Lipinski definition) is 3. The van der Waals surface area contributed by atoms with Crippen LogP contribution in [0.3, 0.4) is 0 Å². The van der Waals surface area contributed by atoms with Crippen LogP contribution in [0.4, 0.5) is 0 Å². The number of carboxylic acid groups (broad SMARTS) is 1. The predicted octanol–water partition coefficient (Wildman–Crippen LogP) is -0.433. The summed E-state index contributed by atoms with van der Waals surface area (Å²) in [5.74, 6) is -1.95. The van der Waals surface area contributed by atoms with Crippen molar-refractivity contribution in [3.05, 3.63) is 0 Å². The SMILES string of the molecule is NC(=O)CC[C@@H](NS(=O)(=O)C1CCCC1)C(=O)O.